The van der Waals surface area contributed by atoms with E-state index in [1.54, 1.807) is 24.3 Å². The molecule has 3 rings (SSSR count). The smallest absolute Gasteiger partial charge is 0.228 e. The minimum absolute atomic E-state index is 0.0242. The zero-order valence-electron chi connectivity index (χ0n) is 16.0. The molecule has 2 amide bonds. The van der Waals surface area contributed by atoms with Gasteiger partial charge in [-0.05, 0) is 55.5 Å². The van der Waals surface area contributed by atoms with Crippen molar-refractivity contribution in [3.8, 4) is 0 Å². The van der Waals surface area contributed by atoms with E-state index < -0.39 is 0 Å². The Balaban J connectivity index is 1.59. The molecule has 0 saturated carbocycles. The zero-order chi connectivity index (χ0) is 19.9. The van der Waals surface area contributed by atoms with Crippen LogP contribution >= 0.6 is 0 Å². The molecule has 1 aliphatic rings. The van der Waals surface area contributed by atoms with Crippen molar-refractivity contribution in [2.24, 2.45) is 5.92 Å². The lowest BCUT2D eigenvalue weighted by molar-refractivity contribution is -0.125. The molecule has 2 atom stereocenters. The summed E-state index contributed by atoms with van der Waals surface area (Å²) in [5.41, 5.74) is 1.89. The van der Waals surface area contributed by atoms with Crippen LogP contribution in [0.3, 0.4) is 0 Å². The Morgan fingerprint density at radius 1 is 1.14 bits per heavy atom. The first kappa shape index (κ1) is 19.8. The van der Waals surface area contributed by atoms with Crippen LogP contribution in [0.2, 0.25) is 0 Å². The third-order valence-electron chi connectivity index (χ3n) is 4.98. The van der Waals surface area contributed by atoms with Gasteiger partial charge in [-0.15, -0.1) is 0 Å². The van der Waals surface area contributed by atoms with E-state index in [2.05, 4.69) is 22.8 Å². The molecule has 5 heteroatoms. The predicted octanol–water partition coefficient (Wildman–Crippen LogP) is 4.54. The topological polar surface area (TPSA) is 58.2 Å². The van der Waals surface area contributed by atoms with Gasteiger partial charge >= 0.3 is 0 Å². The van der Waals surface area contributed by atoms with Crippen LogP contribution in [0, 0.1) is 11.7 Å². The third-order valence-corrected chi connectivity index (χ3v) is 4.98. The Labute approximate surface area is 164 Å². The normalized spacial score (nSPS) is 17.0. The second kappa shape index (κ2) is 9.31. The number of benzene rings is 2. The van der Waals surface area contributed by atoms with E-state index in [-0.39, 0.29) is 36.0 Å². The number of carbonyl (C=O) groups excluding carboxylic acids is 2. The number of hydrogen-bond acceptors (Lipinski definition) is 2. The maximum absolute atomic E-state index is 13.7. The fourth-order valence-corrected chi connectivity index (χ4v) is 3.35. The van der Waals surface area contributed by atoms with Gasteiger partial charge in [0.2, 0.25) is 11.8 Å². The quantitative estimate of drug-likeness (QED) is 0.723. The average molecular weight is 380 g/mol. The average Bonchev–Trinajstić information content (AvgIpc) is 2.70. The molecule has 28 heavy (non-hydrogen) atoms. The highest BCUT2D eigenvalue weighted by atomic mass is 19.1. The molecule has 2 N–H and O–H groups in total. The van der Waals surface area contributed by atoms with Crippen LogP contribution in [0.4, 0.5) is 10.1 Å². The van der Waals surface area contributed by atoms with Crippen molar-refractivity contribution in [2.45, 2.75) is 38.6 Å². The molecule has 0 aromatic heterocycles. The van der Waals surface area contributed by atoms with E-state index in [1.807, 2.05) is 25.1 Å². The first-order chi connectivity index (χ1) is 13.5. The summed E-state index contributed by atoms with van der Waals surface area (Å²) < 4.78 is 13.7. The van der Waals surface area contributed by atoms with E-state index in [1.165, 1.54) is 6.07 Å². The van der Waals surface area contributed by atoms with Gasteiger partial charge in [0, 0.05) is 11.6 Å². The number of hydrogen-bond donors (Lipinski definition) is 2. The Hall–Kier alpha value is -2.95. The third kappa shape index (κ3) is 5.28. The highest BCUT2D eigenvalue weighted by Gasteiger charge is 2.20. The molecule has 2 unspecified atom stereocenters. The molecule has 0 radical (unpaired) electrons. The van der Waals surface area contributed by atoms with Gasteiger partial charge in [0.1, 0.15) is 5.82 Å². The van der Waals surface area contributed by atoms with Gasteiger partial charge < -0.3 is 10.6 Å². The second-order valence-electron chi connectivity index (χ2n) is 7.15. The SMILES string of the molecule is CC(NC(=O)C1CC=CCC1)c1cccc(NC(=O)Cc2ccccc2F)c1. The summed E-state index contributed by atoms with van der Waals surface area (Å²) in [6, 6.07) is 13.4. The first-order valence-electron chi connectivity index (χ1n) is 9.61. The molecule has 146 valence electrons. The Morgan fingerprint density at radius 3 is 2.71 bits per heavy atom. The molecular formula is C23H25FN2O2. The molecule has 0 bridgehead atoms. The van der Waals surface area contributed by atoms with E-state index in [0.29, 0.717) is 11.3 Å². The molecule has 0 aliphatic heterocycles. The highest BCUT2D eigenvalue weighted by molar-refractivity contribution is 5.92. The highest BCUT2D eigenvalue weighted by Crippen LogP contribution is 2.22. The van der Waals surface area contributed by atoms with E-state index in [0.717, 1.165) is 24.8 Å². The number of carbonyl (C=O) groups is 2. The van der Waals surface area contributed by atoms with Crippen LogP contribution in [-0.2, 0) is 16.0 Å². The Bertz CT molecular complexity index is 878. The van der Waals surface area contributed by atoms with Crippen molar-refractivity contribution in [1.29, 1.82) is 0 Å². The lowest BCUT2D eigenvalue weighted by Crippen LogP contribution is -2.33. The summed E-state index contributed by atoms with van der Waals surface area (Å²) >= 11 is 0. The predicted molar refractivity (Wildman–Crippen MR) is 108 cm³/mol. The minimum Gasteiger partial charge on any atom is -0.349 e. The van der Waals surface area contributed by atoms with Crippen LogP contribution in [0.5, 0.6) is 0 Å². The van der Waals surface area contributed by atoms with Gasteiger partial charge in [0.25, 0.3) is 0 Å². The van der Waals surface area contributed by atoms with Gasteiger partial charge in [0.05, 0.1) is 12.5 Å². The van der Waals surface area contributed by atoms with Crippen LogP contribution in [0.25, 0.3) is 0 Å². The Morgan fingerprint density at radius 2 is 1.96 bits per heavy atom. The molecule has 2 aromatic rings. The monoisotopic (exact) mass is 380 g/mol. The van der Waals surface area contributed by atoms with Gasteiger partial charge in [-0.25, -0.2) is 4.39 Å². The number of nitrogens with one attached hydrogen (secondary N) is 2. The molecule has 0 fully saturated rings. The van der Waals surface area contributed by atoms with Gasteiger partial charge in [-0.2, -0.15) is 0 Å². The lowest BCUT2D eigenvalue weighted by Gasteiger charge is -2.21. The van der Waals surface area contributed by atoms with Crippen molar-refractivity contribution in [2.75, 3.05) is 5.32 Å². The molecule has 0 heterocycles. The van der Waals surface area contributed by atoms with Crippen LogP contribution < -0.4 is 10.6 Å². The summed E-state index contributed by atoms with van der Waals surface area (Å²) in [4.78, 5) is 24.7. The van der Waals surface area contributed by atoms with E-state index in [4.69, 9.17) is 0 Å². The molecular weight excluding hydrogens is 355 g/mol. The summed E-state index contributed by atoms with van der Waals surface area (Å²) in [5, 5.41) is 5.86. The molecule has 2 aromatic carbocycles. The van der Waals surface area contributed by atoms with Crippen molar-refractivity contribution in [3.05, 3.63) is 77.6 Å². The fourth-order valence-electron chi connectivity index (χ4n) is 3.35. The van der Waals surface area contributed by atoms with Crippen molar-refractivity contribution in [3.63, 3.8) is 0 Å². The van der Waals surface area contributed by atoms with Crippen LogP contribution in [0.15, 0.2) is 60.7 Å². The second-order valence-corrected chi connectivity index (χ2v) is 7.15. The van der Waals surface area contributed by atoms with E-state index in [9.17, 15) is 14.0 Å². The standard InChI is InChI=1S/C23H25FN2O2/c1-16(25-23(28)17-8-3-2-4-9-17)18-11-7-12-20(14-18)26-22(27)15-19-10-5-6-13-21(19)24/h2-3,5-7,10-14,16-17H,4,8-9,15H2,1H3,(H,25,28)(H,26,27). The number of anilines is 1. The maximum atomic E-state index is 13.7. The van der Waals surface area contributed by atoms with Crippen molar-refractivity contribution >= 4 is 17.5 Å². The molecule has 0 spiro atoms. The zero-order valence-corrected chi connectivity index (χ0v) is 16.0. The molecule has 4 nitrogen and oxygen atoms in total. The largest absolute Gasteiger partial charge is 0.349 e. The summed E-state index contributed by atoms with van der Waals surface area (Å²) in [5.74, 6) is -0.588. The minimum atomic E-state index is -0.389. The van der Waals surface area contributed by atoms with Crippen molar-refractivity contribution in [1.82, 2.24) is 5.32 Å². The number of allylic oxidation sites excluding steroid dienone is 2. The Kier molecular flexibility index (Phi) is 6.58. The van der Waals surface area contributed by atoms with Gasteiger partial charge in [-0.1, -0.05) is 42.5 Å². The number of amides is 2. The van der Waals surface area contributed by atoms with Gasteiger partial charge in [0.15, 0.2) is 0 Å². The molecule has 1 aliphatic carbocycles. The van der Waals surface area contributed by atoms with Gasteiger partial charge in [-0.3, -0.25) is 9.59 Å². The fraction of sp³-hybridized carbons (Fsp3) is 0.304. The first-order valence-corrected chi connectivity index (χ1v) is 9.61. The van der Waals surface area contributed by atoms with E-state index >= 15 is 0 Å². The lowest BCUT2D eigenvalue weighted by atomic mass is 9.93. The van der Waals surface area contributed by atoms with Crippen LogP contribution in [0.1, 0.15) is 43.4 Å². The van der Waals surface area contributed by atoms with Crippen LogP contribution in [-0.4, -0.2) is 11.8 Å². The summed E-state index contributed by atoms with van der Waals surface area (Å²) in [6.45, 7) is 1.93. The molecule has 0 saturated heterocycles. The summed E-state index contributed by atoms with van der Waals surface area (Å²) in [6.07, 6.45) is 6.74. The number of halogens is 1. The summed E-state index contributed by atoms with van der Waals surface area (Å²) in [7, 11) is 0. The number of rotatable bonds is 6. The maximum Gasteiger partial charge on any atom is 0.228 e. The van der Waals surface area contributed by atoms with Crippen molar-refractivity contribution < 1.29 is 14.0 Å².